The first-order chi connectivity index (χ1) is 9.40. The van der Waals surface area contributed by atoms with Gasteiger partial charge in [0.15, 0.2) is 6.61 Å². The van der Waals surface area contributed by atoms with Crippen molar-refractivity contribution in [2.75, 3.05) is 13.2 Å². The number of nitrogens with one attached hydrogen (secondary N) is 1. The highest BCUT2D eigenvalue weighted by atomic mass is 35.5. The van der Waals surface area contributed by atoms with Crippen molar-refractivity contribution >= 4 is 29.9 Å². The summed E-state index contributed by atoms with van der Waals surface area (Å²) in [5, 5.41) is 3.46. The molecule has 0 aliphatic rings. The third-order valence-corrected chi connectivity index (χ3v) is 3.78. The van der Waals surface area contributed by atoms with Crippen molar-refractivity contribution in [3.63, 3.8) is 0 Å². The van der Waals surface area contributed by atoms with Crippen LogP contribution in [0.5, 0.6) is 5.75 Å². The van der Waals surface area contributed by atoms with E-state index in [1.54, 1.807) is 18.2 Å². The number of aryl methyl sites for hydroxylation is 1. The van der Waals surface area contributed by atoms with Gasteiger partial charge < -0.3 is 15.8 Å². The van der Waals surface area contributed by atoms with Crippen LogP contribution in [0.2, 0.25) is 5.02 Å². The smallest absolute Gasteiger partial charge is 0.258 e. The van der Waals surface area contributed by atoms with Gasteiger partial charge in [0.1, 0.15) is 5.75 Å². The van der Waals surface area contributed by atoms with Crippen LogP contribution in [-0.4, -0.2) is 24.6 Å². The Kier molecular flexibility index (Phi) is 8.71. The van der Waals surface area contributed by atoms with Crippen LogP contribution in [0, 0.1) is 6.92 Å². The largest absolute Gasteiger partial charge is 0.484 e. The van der Waals surface area contributed by atoms with Gasteiger partial charge in [-0.3, -0.25) is 4.79 Å². The molecule has 6 heteroatoms. The molecule has 0 heterocycles. The van der Waals surface area contributed by atoms with E-state index in [1.165, 1.54) is 0 Å². The van der Waals surface area contributed by atoms with E-state index >= 15 is 0 Å². The number of hydrogen-bond donors (Lipinski definition) is 2. The van der Waals surface area contributed by atoms with Crippen LogP contribution in [0.1, 0.15) is 32.3 Å². The molecule has 0 saturated heterocycles. The molecule has 0 unspecified atom stereocenters. The summed E-state index contributed by atoms with van der Waals surface area (Å²) < 4.78 is 5.47. The van der Waals surface area contributed by atoms with Gasteiger partial charge in [0.25, 0.3) is 5.91 Å². The van der Waals surface area contributed by atoms with E-state index in [0.717, 1.165) is 18.4 Å². The number of ether oxygens (including phenoxy) is 1. The molecular formula is C15H24Cl2N2O2. The van der Waals surface area contributed by atoms with Crippen LogP contribution in [-0.2, 0) is 4.79 Å². The molecule has 120 valence electrons. The van der Waals surface area contributed by atoms with Crippen LogP contribution in [0.15, 0.2) is 18.2 Å². The van der Waals surface area contributed by atoms with Crippen LogP contribution < -0.4 is 15.8 Å². The minimum absolute atomic E-state index is 0. The van der Waals surface area contributed by atoms with Crippen molar-refractivity contribution < 1.29 is 9.53 Å². The fraction of sp³-hybridized carbons (Fsp3) is 0.533. The average Bonchev–Trinajstić information content (AvgIpc) is 2.44. The van der Waals surface area contributed by atoms with Crippen molar-refractivity contribution in [1.29, 1.82) is 0 Å². The lowest BCUT2D eigenvalue weighted by Crippen LogP contribution is -2.50. The van der Waals surface area contributed by atoms with Gasteiger partial charge in [-0.15, -0.1) is 12.4 Å². The van der Waals surface area contributed by atoms with E-state index in [1.807, 2.05) is 20.8 Å². The second kappa shape index (κ2) is 9.13. The first-order valence-corrected chi connectivity index (χ1v) is 7.22. The number of halogens is 2. The van der Waals surface area contributed by atoms with Gasteiger partial charge in [-0.1, -0.05) is 25.4 Å². The second-order valence-electron chi connectivity index (χ2n) is 5.04. The predicted molar refractivity (Wildman–Crippen MR) is 89.4 cm³/mol. The van der Waals surface area contributed by atoms with Crippen LogP contribution in [0.4, 0.5) is 0 Å². The Morgan fingerprint density at radius 3 is 2.52 bits per heavy atom. The molecule has 0 aliphatic carbocycles. The number of nitrogens with two attached hydrogens (primary N) is 1. The Balaban J connectivity index is 0.00000400. The molecule has 0 fully saturated rings. The first kappa shape index (κ1) is 20.0. The molecule has 1 aromatic rings. The minimum Gasteiger partial charge on any atom is -0.484 e. The molecule has 21 heavy (non-hydrogen) atoms. The number of carbonyl (C=O) groups excluding carboxylic acids is 1. The monoisotopic (exact) mass is 334 g/mol. The highest BCUT2D eigenvalue weighted by molar-refractivity contribution is 6.30. The lowest BCUT2D eigenvalue weighted by molar-refractivity contribution is -0.123. The molecule has 1 aromatic carbocycles. The molecule has 0 atom stereocenters. The molecule has 1 amide bonds. The standard InChI is InChI=1S/C15H23ClN2O2.ClH/c1-4-15(17,5-2)10-18-14(19)9-20-13-7-6-12(16)8-11(13)3;/h6-8H,4-5,9-10,17H2,1-3H3,(H,18,19);1H. The summed E-state index contributed by atoms with van der Waals surface area (Å²) in [5.41, 5.74) is 6.68. The highest BCUT2D eigenvalue weighted by Gasteiger charge is 2.20. The van der Waals surface area contributed by atoms with Gasteiger partial charge in [0.05, 0.1) is 0 Å². The number of rotatable bonds is 7. The first-order valence-electron chi connectivity index (χ1n) is 6.84. The molecule has 0 aromatic heterocycles. The van der Waals surface area contributed by atoms with Gasteiger partial charge in [-0.2, -0.15) is 0 Å². The zero-order valence-electron chi connectivity index (χ0n) is 12.7. The summed E-state index contributed by atoms with van der Waals surface area (Å²) in [6.45, 7) is 6.36. The topological polar surface area (TPSA) is 64.3 Å². The molecule has 0 saturated carbocycles. The number of hydrogen-bond acceptors (Lipinski definition) is 3. The maximum atomic E-state index is 11.8. The molecule has 0 spiro atoms. The molecule has 3 N–H and O–H groups in total. The Bertz CT molecular complexity index is 463. The number of benzene rings is 1. The normalized spacial score (nSPS) is 10.7. The quantitative estimate of drug-likeness (QED) is 0.805. The number of carbonyl (C=O) groups is 1. The fourth-order valence-corrected chi connectivity index (χ4v) is 1.97. The van der Waals surface area contributed by atoms with E-state index in [-0.39, 0.29) is 30.5 Å². The zero-order chi connectivity index (χ0) is 15.2. The summed E-state index contributed by atoms with van der Waals surface area (Å²) in [5.74, 6) is 0.491. The van der Waals surface area contributed by atoms with E-state index < -0.39 is 0 Å². The zero-order valence-corrected chi connectivity index (χ0v) is 14.3. The van der Waals surface area contributed by atoms with Gasteiger partial charge in [0, 0.05) is 17.1 Å². The Morgan fingerprint density at radius 2 is 2.00 bits per heavy atom. The van der Waals surface area contributed by atoms with Crippen molar-refractivity contribution in [3.05, 3.63) is 28.8 Å². The van der Waals surface area contributed by atoms with E-state index in [4.69, 9.17) is 22.1 Å². The van der Waals surface area contributed by atoms with E-state index in [2.05, 4.69) is 5.32 Å². The van der Waals surface area contributed by atoms with Crippen LogP contribution in [0.3, 0.4) is 0 Å². The minimum atomic E-state index is -0.341. The summed E-state index contributed by atoms with van der Waals surface area (Å²) in [4.78, 5) is 11.8. The third kappa shape index (κ3) is 6.55. The van der Waals surface area contributed by atoms with Crippen LogP contribution >= 0.6 is 24.0 Å². The Morgan fingerprint density at radius 1 is 1.38 bits per heavy atom. The highest BCUT2D eigenvalue weighted by Crippen LogP contribution is 2.21. The molecular weight excluding hydrogens is 311 g/mol. The second-order valence-corrected chi connectivity index (χ2v) is 5.48. The molecule has 1 rings (SSSR count). The lowest BCUT2D eigenvalue weighted by Gasteiger charge is -2.26. The molecule has 0 radical (unpaired) electrons. The van der Waals surface area contributed by atoms with Gasteiger partial charge in [-0.05, 0) is 43.5 Å². The maximum Gasteiger partial charge on any atom is 0.258 e. The fourth-order valence-electron chi connectivity index (χ4n) is 1.74. The Labute approximate surface area is 137 Å². The van der Waals surface area contributed by atoms with E-state index in [0.29, 0.717) is 17.3 Å². The van der Waals surface area contributed by atoms with Crippen molar-refractivity contribution in [2.24, 2.45) is 5.73 Å². The molecule has 0 aliphatic heterocycles. The SMILES string of the molecule is CCC(N)(CC)CNC(=O)COc1ccc(Cl)cc1C.Cl. The van der Waals surface area contributed by atoms with Crippen molar-refractivity contribution in [1.82, 2.24) is 5.32 Å². The third-order valence-electron chi connectivity index (χ3n) is 3.54. The van der Waals surface area contributed by atoms with Crippen molar-refractivity contribution in [2.45, 2.75) is 39.2 Å². The molecule has 0 bridgehead atoms. The van der Waals surface area contributed by atoms with Crippen LogP contribution in [0.25, 0.3) is 0 Å². The summed E-state index contributed by atoms with van der Waals surface area (Å²) in [7, 11) is 0. The van der Waals surface area contributed by atoms with Gasteiger partial charge >= 0.3 is 0 Å². The average molecular weight is 335 g/mol. The van der Waals surface area contributed by atoms with Crippen molar-refractivity contribution in [3.8, 4) is 5.75 Å². The van der Waals surface area contributed by atoms with Gasteiger partial charge in [-0.25, -0.2) is 0 Å². The predicted octanol–water partition coefficient (Wildman–Crippen LogP) is 3.08. The maximum absolute atomic E-state index is 11.8. The Hall–Kier alpha value is -0.970. The summed E-state index contributed by atoms with van der Waals surface area (Å²) in [6, 6.07) is 5.30. The number of amides is 1. The summed E-state index contributed by atoms with van der Waals surface area (Å²) in [6.07, 6.45) is 1.64. The lowest BCUT2D eigenvalue weighted by atomic mass is 9.94. The summed E-state index contributed by atoms with van der Waals surface area (Å²) >= 11 is 5.86. The van der Waals surface area contributed by atoms with Gasteiger partial charge in [0.2, 0.25) is 0 Å². The molecule has 4 nitrogen and oxygen atoms in total. The van der Waals surface area contributed by atoms with E-state index in [9.17, 15) is 4.79 Å².